The molecule has 2 saturated heterocycles. The Bertz CT molecular complexity index is 2660. The number of ether oxygens (including phenoxy) is 1. The third kappa shape index (κ3) is 11.3. The first-order valence-electron chi connectivity index (χ1n) is 24.3. The molecule has 4 atom stereocenters. The van der Waals surface area contributed by atoms with E-state index in [1.807, 2.05) is 51.2 Å². The second kappa shape index (κ2) is 21.1. The number of aryl methyl sites for hydroxylation is 1. The molecule has 0 aliphatic carbocycles. The number of cyclic esters (lactones) is 1. The van der Waals surface area contributed by atoms with Gasteiger partial charge in [-0.05, 0) is 111 Å². The number of phenols is 1. The molecule has 0 unspecified atom stereocenters. The lowest BCUT2D eigenvalue weighted by Gasteiger charge is -2.37. The zero-order chi connectivity index (χ0) is 49.9. The van der Waals surface area contributed by atoms with E-state index >= 15 is 0 Å². The normalized spacial score (nSPS) is 20.1. The number of likely N-dealkylation sites (tertiary alicyclic amines) is 1. The topological polar surface area (TPSA) is 183 Å². The fourth-order valence-corrected chi connectivity index (χ4v) is 10.1. The number of hydrogen-bond acceptors (Lipinski definition) is 11. The van der Waals surface area contributed by atoms with Crippen LogP contribution in [0.5, 0.6) is 5.75 Å². The predicted octanol–water partition coefficient (Wildman–Crippen LogP) is 5.16. The molecule has 0 saturated carbocycles. The van der Waals surface area contributed by atoms with Gasteiger partial charge in [0.15, 0.2) is 0 Å². The van der Waals surface area contributed by atoms with Gasteiger partial charge in [0.05, 0.1) is 30.5 Å². The van der Waals surface area contributed by atoms with Crippen LogP contribution in [-0.2, 0) is 48.1 Å². The summed E-state index contributed by atoms with van der Waals surface area (Å²) in [5.41, 5.74) is 9.68. The highest BCUT2D eigenvalue weighted by atomic mass is 16.5. The SMILES string of the molecule is CCn1c(-c2cncnc2C(C)C)c2c3cc(ccc31)-c1cc(O)cc(c1)C[C@H](NC(=O)[C@H](C(C)C)N(C)C(=O)[C@H]1CCN(C(=O)C#CCN(C)C)C1)C(=O)N1CCC[C@H](N1)C(=O)OCC(C)(C)C2. The molecule has 0 spiro atoms. The van der Waals surface area contributed by atoms with Crippen LogP contribution in [0.2, 0.25) is 0 Å². The van der Waals surface area contributed by atoms with Gasteiger partial charge in [0, 0.05) is 67.7 Å². The number of nitrogens with zero attached hydrogens (tertiary/aromatic N) is 7. The Morgan fingerprint density at radius 1 is 1.03 bits per heavy atom. The monoisotopic (exact) mass is 944 g/mol. The van der Waals surface area contributed by atoms with Crippen LogP contribution in [0.3, 0.4) is 0 Å². The number of nitrogens with one attached hydrogen (secondary N) is 2. The number of phenolic OH excluding ortho intramolecular Hbond substituents is 1. The summed E-state index contributed by atoms with van der Waals surface area (Å²) in [5.74, 6) is 2.63. The van der Waals surface area contributed by atoms with Gasteiger partial charge in [-0.3, -0.25) is 33.9 Å². The first kappa shape index (κ1) is 50.6. The molecule has 2 aromatic carbocycles. The Labute approximate surface area is 406 Å². The van der Waals surface area contributed by atoms with E-state index in [1.165, 1.54) is 9.91 Å². The maximum Gasteiger partial charge on any atom is 0.324 e. The lowest BCUT2D eigenvalue weighted by atomic mass is 9.84. The number of fused-ring (bicyclic) bond motifs is 6. The fourth-order valence-electron chi connectivity index (χ4n) is 10.1. The van der Waals surface area contributed by atoms with Gasteiger partial charge in [0.1, 0.15) is 30.2 Å². The number of hydrazine groups is 1. The summed E-state index contributed by atoms with van der Waals surface area (Å²) in [5, 5.41) is 16.8. The Kier molecular flexibility index (Phi) is 15.5. The lowest BCUT2D eigenvalue weighted by molar-refractivity contribution is -0.155. The Hall–Kier alpha value is -6.31. The van der Waals surface area contributed by atoms with Crippen LogP contribution < -0.4 is 10.7 Å². The molecule has 4 amide bonds. The van der Waals surface area contributed by atoms with E-state index in [0.29, 0.717) is 50.9 Å². The van der Waals surface area contributed by atoms with Gasteiger partial charge in [-0.2, -0.15) is 0 Å². The number of benzene rings is 2. The zero-order valence-electron chi connectivity index (χ0n) is 41.9. The summed E-state index contributed by atoms with van der Waals surface area (Å²) >= 11 is 0. The number of likely N-dealkylation sites (N-methyl/N-ethyl adjacent to an activating group) is 1. The van der Waals surface area contributed by atoms with Crippen LogP contribution in [0.15, 0.2) is 48.9 Å². The number of amides is 4. The van der Waals surface area contributed by atoms with Crippen LogP contribution >= 0.6 is 0 Å². The quantitative estimate of drug-likeness (QED) is 0.149. The number of esters is 1. The highest BCUT2D eigenvalue weighted by molar-refractivity contribution is 5.97. The zero-order valence-corrected chi connectivity index (χ0v) is 41.9. The molecule has 3 aliphatic heterocycles. The predicted molar refractivity (Wildman–Crippen MR) is 264 cm³/mol. The summed E-state index contributed by atoms with van der Waals surface area (Å²) in [4.78, 5) is 84.4. The molecule has 4 aromatic rings. The average molecular weight is 944 g/mol. The van der Waals surface area contributed by atoms with Crippen LogP contribution in [0.1, 0.15) is 90.5 Å². The molecule has 3 N–H and O–H groups in total. The van der Waals surface area contributed by atoms with E-state index in [4.69, 9.17) is 9.72 Å². The minimum atomic E-state index is -1.17. The number of rotatable bonds is 9. The molecule has 2 aromatic heterocycles. The van der Waals surface area contributed by atoms with E-state index in [-0.39, 0.29) is 55.5 Å². The van der Waals surface area contributed by atoms with Gasteiger partial charge in [0.25, 0.3) is 11.8 Å². The standard InChI is InChI=1S/C53H69N9O7/c1-11-61-44-17-16-35-26-39(44)40(48(61)41-28-54-31-55-46(41)32(2)3)27-53(6,7)30-69-52(68)42-14-12-20-62(57-42)51(67)43(24-34-22-37(35)25-38(63)23-34)56-49(65)47(33(4)5)59(10)50(66)36-18-21-60(29-36)45(64)15-13-19-58(8)9/h16-17,22-23,25-26,28,31-33,36,42-43,47,57,63H,11-12,14,18-21,24,27,29-30H2,1-10H3,(H,56,65)/t36-,42-,43-,47-/m0/s1. The third-order valence-corrected chi connectivity index (χ3v) is 13.5. The molecule has 2 fully saturated rings. The number of carbonyl (C=O) groups is 5. The summed E-state index contributed by atoms with van der Waals surface area (Å²) in [6.07, 6.45) is 5.38. The van der Waals surface area contributed by atoms with E-state index in [2.05, 4.69) is 78.9 Å². The van der Waals surface area contributed by atoms with Crippen molar-refractivity contribution in [3.8, 4) is 40.0 Å². The van der Waals surface area contributed by atoms with Gasteiger partial charge >= 0.3 is 5.97 Å². The van der Waals surface area contributed by atoms with Crippen molar-refractivity contribution in [1.82, 2.24) is 45.0 Å². The van der Waals surface area contributed by atoms with Crippen molar-refractivity contribution in [1.29, 1.82) is 0 Å². The second-order valence-electron chi connectivity index (χ2n) is 20.6. The number of hydrogen-bond donors (Lipinski definition) is 3. The first-order chi connectivity index (χ1) is 32.8. The molecule has 69 heavy (non-hydrogen) atoms. The Balaban J connectivity index is 1.26. The lowest BCUT2D eigenvalue weighted by Crippen LogP contribution is -2.62. The van der Waals surface area contributed by atoms with Crippen molar-refractivity contribution in [2.24, 2.45) is 17.3 Å². The van der Waals surface area contributed by atoms with Gasteiger partial charge < -0.3 is 29.5 Å². The Morgan fingerprint density at radius 2 is 1.80 bits per heavy atom. The second-order valence-corrected chi connectivity index (χ2v) is 20.6. The van der Waals surface area contributed by atoms with Crippen LogP contribution in [0.25, 0.3) is 33.3 Å². The summed E-state index contributed by atoms with van der Waals surface area (Å²) in [7, 11) is 5.32. The van der Waals surface area contributed by atoms with Gasteiger partial charge in [0.2, 0.25) is 11.8 Å². The molecular formula is C53H69N9O7. The number of aromatic hydroxyl groups is 1. The number of carbonyl (C=O) groups excluding carboxylic acids is 5. The average Bonchev–Trinajstić information content (AvgIpc) is 3.92. The maximum absolute atomic E-state index is 14.8. The van der Waals surface area contributed by atoms with Crippen molar-refractivity contribution in [3.05, 3.63) is 65.7 Å². The highest BCUT2D eigenvalue weighted by Crippen LogP contribution is 2.42. The van der Waals surface area contributed by atoms with Gasteiger partial charge in [-0.15, -0.1) is 0 Å². The summed E-state index contributed by atoms with van der Waals surface area (Å²) in [6.45, 7) is 16.2. The third-order valence-electron chi connectivity index (χ3n) is 13.5. The summed E-state index contributed by atoms with van der Waals surface area (Å²) in [6, 6.07) is 8.50. The smallest absolute Gasteiger partial charge is 0.324 e. The van der Waals surface area contributed by atoms with Crippen molar-refractivity contribution < 1.29 is 33.8 Å². The van der Waals surface area contributed by atoms with E-state index in [0.717, 1.165) is 44.5 Å². The molecule has 3 aliphatic rings. The molecule has 0 radical (unpaired) electrons. The largest absolute Gasteiger partial charge is 0.508 e. The highest BCUT2D eigenvalue weighted by Gasteiger charge is 2.40. The Morgan fingerprint density at radius 3 is 2.51 bits per heavy atom. The molecule has 368 valence electrons. The first-order valence-corrected chi connectivity index (χ1v) is 24.3. The molecule has 5 heterocycles. The van der Waals surface area contributed by atoms with Crippen molar-refractivity contribution >= 4 is 40.5 Å². The van der Waals surface area contributed by atoms with Gasteiger partial charge in [-0.25, -0.2) is 15.4 Å². The minimum absolute atomic E-state index is 0.0113. The minimum Gasteiger partial charge on any atom is -0.508 e. The van der Waals surface area contributed by atoms with Crippen molar-refractivity contribution in [3.63, 3.8) is 0 Å². The van der Waals surface area contributed by atoms with E-state index in [9.17, 15) is 29.1 Å². The summed E-state index contributed by atoms with van der Waals surface area (Å²) < 4.78 is 8.40. The van der Waals surface area contributed by atoms with Crippen molar-refractivity contribution in [2.45, 2.75) is 111 Å². The van der Waals surface area contributed by atoms with Crippen LogP contribution in [0, 0.1) is 29.1 Å². The van der Waals surface area contributed by atoms with E-state index < -0.39 is 47.2 Å². The molecular weight excluding hydrogens is 875 g/mol. The van der Waals surface area contributed by atoms with Crippen molar-refractivity contribution in [2.75, 3.05) is 53.9 Å². The molecule has 16 nitrogen and oxygen atoms in total. The molecule has 16 heteroatoms. The fraction of sp³-hybridized carbons (Fsp3) is 0.528. The molecule has 7 rings (SSSR count). The van der Waals surface area contributed by atoms with Crippen LogP contribution in [-0.4, -0.2) is 141 Å². The van der Waals surface area contributed by atoms with Crippen LogP contribution in [0.4, 0.5) is 0 Å². The molecule has 6 bridgehead atoms. The maximum atomic E-state index is 14.8. The number of aromatic nitrogens is 3. The van der Waals surface area contributed by atoms with E-state index in [1.54, 1.807) is 30.4 Å². The van der Waals surface area contributed by atoms with Gasteiger partial charge in [-0.1, -0.05) is 59.6 Å².